The summed E-state index contributed by atoms with van der Waals surface area (Å²) in [5, 5.41) is 6.30. The van der Waals surface area contributed by atoms with Gasteiger partial charge < -0.3 is 15.4 Å². The second kappa shape index (κ2) is 6.48. The van der Waals surface area contributed by atoms with Gasteiger partial charge in [-0.25, -0.2) is 0 Å². The molecule has 1 aromatic rings. The minimum absolute atomic E-state index is 0.0670. The number of nitrogens with one attached hydrogen (secondary N) is 2. The van der Waals surface area contributed by atoms with E-state index in [1.165, 1.54) is 11.1 Å². The average Bonchev–Trinajstić information content (AvgIpc) is 2.88. The molecule has 0 radical (unpaired) electrons. The summed E-state index contributed by atoms with van der Waals surface area (Å²) in [6.07, 6.45) is 2.98. The molecule has 2 rings (SSSR count). The molecule has 1 unspecified atom stereocenters. The Morgan fingerprint density at radius 3 is 2.86 bits per heavy atom. The Kier molecular flexibility index (Phi) is 4.88. The van der Waals surface area contributed by atoms with Crippen molar-refractivity contribution in [3.63, 3.8) is 0 Å². The van der Waals surface area contributed by atoms with Crippen LogP contribution in [-0.4, -0.2) is 25.1 Å². The van der Waals surface area contributed by atoms with Crippen molar-refractivity contribution < 1.29 is 9.53 Å². The third-order valence-electron chi connectivity index (χ3n) is 4.30. The number of rotatable bonds is 6. The number of fused-ring (bicyclic) bond motifs is 1. The van der Waals surface area contributed by atoms with Crippen molar-refractivity contribution in [2.75, 3.05) is 13.7 Å². The number of carbonyl (C=O) groups is 1. The smallest absolute Gasteiger partial charge is 0.258 e. The first-order valence-corrected chi connectivity index (χ1v) is 7.69. The van der Waals surface area contributed by atoms with Crippen molar-refractivity contribution in [3.8, 4) is 5.75 Å². The quantitative estimate of drug-likeness (QED) is 0.846. The van der Waals surface area contributed by atoms with Gasteiger partial charge in [-0.1, -0.05) is 19.1 Å². The van der Waals surface area contributed by atoms with E-state index in [0.29, 0.717) is 6.04 Å². The van der Waals surface area contributed by atoms with E-state index in [-0.39, 0.29) is 18.1 Å². The standard InChI is InChI=1S/C17H26N2O2/c1-5-17(2,3)19-16(20)11-21-15-8-6-7-12-13(15)9-10-14(12)18-4/h6-8,14,18H,5,9-11H2,1-4H3,(H,19,20). The minimum Gasteiger partial charge on any atom is -0.483 e. The largest absolute Gasteiger partial charge is 0.483 e. The Hall–Kier alpha value is -1.55. The summed E-state index contributed by atoms with van der Waals surface area (Å²) < 4.78 is 5.75. The number of ether oxygens (including phenoxy) is 1. The zero-order chi connectivity index (χ0) is 15.5. The molecule has 0 saturated heterocycles. The molecule has 0 saturated carbocycles. The van der Waals surface area contributed by atoms with Crippen LogP contribution in [0.15, 0.2) is 18.2 Å². The van der Waals surface area contributed by atoms with Crippen molar-refractivity contribution in [1.29, 1.82) is 0 Å². The van der Waals surface area contributed by atoms with Crippen LogP contribution in [0.3, 0.4) is 0 Å². The molecule has 116 valence electrons. The van der Waals surface area contributed by atoms with Crippen molar-refractivity contribution >= 4 is 5.91 Å². The monoisotopic (exact) mass is 290 g/mol. The Balaban J connectivity index is 1.99. The van der Waals surface area contributed by atoms with E-state index in [0.717, 1.165) is 25.0 Å². The van der Waals surface area contributed by atoms with Crippen LogP contribution in [0.1, 0.15) is 50.8 Å². The van der Waals surface area contributed by atoms with Crippen LogP contribution >= 0.6 is 0 Å². The summed E-state index contributed by atoms with van der Waals surface area (Å²) in [5.74, 6) is 0.775. The van der Waals surface area contributed by atoms with Crippen LogP contribution in [0.2, 0.25) is 0 Å². The van der Waals surface area contributed by atoms with Crippen LogP contribution < -0.4 is 15.4 Å². The van der Waals surface area contributed by atoms with Gasteiger partial charge in [-0.05, 0) is 57.4 Å². The Bertz CT molecular complexity index is 512. The van der Waals surface area contributed by atoms with Gasteiger partial charge in [0.05, 0.1) is 0 Å². The highest BCUT2D eigenvalue weighted by molar-refractivity contribution is 5.78. The maximum absolute atomic E-state index is 12.0. The van der Waals surface area contributed by atoms with Crippen LogP contribution in [0, 0.1) is 0 Å². The number of carbonyl (C=O) groups excluding carboxylic acids is 1. The van der Waals surface area contributed by atoms with Gasteiger partial charge in [0.2, 0.25) is 0 Å². The van der Waals surface area contributed by atoms with Gasteiger partial charge in [0.15, 0.2) is 6.61 Å². The first kappa shape index (κ1) is 15.8. The summed E-state index contributed by atoms with van der Waals surface area (Å²) in [4.78, 5) is 12.0. The molecule has 0 aliphatic heterocycles. The summed E-state index contributed by atoms with van der Waals surface area (Å²) in [5.41, 5.74) is 2.35. The van der Waals surface area contributed by atoms with Crippen LogP contribution in [0.5, 0.6) is 5.75 Å². The summed E-state index contributed by atoms with van der Waals surface area (Å²) in [6, 6.07) is 6.49. The zero-order valence-corrected chi connectivity index (χ0v) is 13.5. The van der Waals surface area contributed by atoms with Gasteiger partial charge in [-0.3, -0.25) is 4.79 Å². The van der Waals surface area contributed by atoms with E-state index < -0.39 is 0 Å². The fourth-order valence-corrected chi connectivity index (χ4v) is 2.70. The lowest BCUT2D eigenvalue weighted by molar-refractivity contribution is -0.124. The number of benzene rings is 1. The molecule has 0 bridgehead atoms. The fraction of sp³-hybridized carbons (Fsp3) is 0.588. The lowest BCUT2D eigenvalue weighted by Gasteiger charge is -2.24. The van der Waals surface area contributed by atoms with Crippen LogP contribution in [-0.2, 0) is 11.2 Å². The van der Waals surface area contributed by atoms with Crippen LogP contribution in [0.4, 0.5) is 0 Å². The molecular formula is C17H26N2O2. The highest BCUT2D eigenvalue weighted by Crippen LogP contribution is 2.36. The highest BCUT2D eigenvalue weighted by Gasteiger charge is 2.24. The summed E-state index contributed by atoms with van der Waals surface area (Å²) >= 11 is 0. The fourth-order valence-electron chi connectivity index (χ4n) is 2.70. The van der Waals surface area contributed by atoms with E-state index in [4.69, 9.17) is 4.74 Å². The molecule has 0 aromatic heterocycles. The third-order valence-corrected chi connectivity index (χ3v) is 4.30. The lowest BCUT2D eigenvalue weighted by atomic mass is 10.0. The lowest BCUT2D eigenvalue weighted by Crippen LogP contribution is -2.44. The molecule has 21 heavy (non-hydrogen) atoms. The number of amides is 1. The molecule has 1 aliphatic rings. The molecule has 1 amide bonds. The molecule has 4 heteroatoms. The molecule has 0 fully saturated rings. The summed E-state index contributed by atoms with van der Waals surface area (Å²) in [7, 11) is 1.98. The van der Waals surface area contributed by atoms with Crippen molar-refractivity contribution in [2.45, 2.75) is 51.6 Å². The Morgan fingerprint density at radius 2 is 2.19 bits per heavy atom. The van der Waals surface area contributed by atoms with Crippen molar-refractivity contribution in [3.05, 3.63) is 29.3 Å². The topological polar surface area (TPSA) is 50.4 Å². The van der Waals surface area contributed by atoms with Crippen LogP contribution in [0.25, 0.3) is 0 Å². The predicted octanol–water partition coefficient (Wildman–Crippen LogP) is 2.58. The van der Waals surface area contributed by atoms with Gasteiger partial charge in [0, 0.05) is 11.6 Å². The van der Waals surface area contributed by atoms with E-state index in [1.807, 2.05) is 33.0 Å². The average molecular weight is 290 g/mol. The first-order valence-electron chi connectivity index (χ1n) is 7.69. The Labute approximate surface area is 127 Å². The highest BCUT2D eigenvalue weighted by atomic mass is 16.5. The maximum Gasteiger partial charge on any atom is 0.258 e. The maximum atomic E-state index is 12.0. The van der Waals surface area contributed by atoms with E-state index >= 15 is 0 Å². The first-order chi connectivity index (χ1) is 9.96. The Morgan fingerprint density at radius 1 is 1.43 bits per heavy atom. The summed E-state index contributed by atoms with van der Waals surface area (Å²) in [6.45, 7) is 6.17. The van der Waals surface area contributed by atoms with Gasteiger partial charge in [-0.15, -0.1) is 0 Å². The van der Waals surface area contributed by atoms with E-state index in [2.05, 4.69) is 23.6 Å². The minimum atomic E-state index is -0.184. The molecule has 1 atom stereocenters. The van der Waals surface area contributed by atoms with E-state index in [1.54, 1.807) is 0 Å². The van der Waals surface area contributed by atoms with Gasteiger partial charge in [-0.2, -0.15) is 0 Å². The third kappa shape index (κ3) is 3.76. The second-order valence-corrected chi connectivity index (χ2v) is 6.28. The zero-order valence-electron chi connectivity index (χ0n) is 13.5. The SMILES string of the molecule is CCC(C)(C)NC(=O)COc1cccc2c1CCC2NC. The molecule has 1 aliphatic carbocycles. The van der Waals surface area contributed by atoms with Gasteiger partial charge in [0.25, 0.3) is 5.91 Å². The molecule has 1 aromatic carbocycles. The van der Waals surface area contributed by atoms with Crippen molar-refractivity contribution in [2.24, 2.45) is 0 Å². The number of hydrogen-bond donors (Lipinski definition) is 2. The van der Waals surface area contributed by atoms with Gasteiger partial charge in [0.1, 0.15) is 5.75 Å². The molecule has 4 nitrogen and oxygen atoms in total. The molecule has 0 spiro atoms. The normalized spacial score (nSPS) is 17.4. The van der Waals surface area contributed by atoms with E-state index in [9.17, 15) is 4.79 Å². The van der Waals surface area contributed by atoms with Gasteiger partial charge >= 0.3 is 0 Å². The van der Waals surface area contributed by atoms with Crippen molar-refractivity contribution in [1.82, 2.24) is 10.6 Å². The molecule has 2 N–H and O–H groups in total. The molecule has 0 heterocycles. The number of hydrogen-bond acceptors (Lipinski definition) is 3. The molecular weight excluding hydrogens is 264 g/mol. The predicted molar refractivity (Wildman–Crippen MR) is 84.6 cm³/mol. The second-order valence-electron chi connectivity index (χ2n) is 6.28.